The van der Waals surface area contributed by atoms with Gasteiger partial charge in [0.1, 0.15) is 18.1 Å². The fourth-order valence-corrected chi connectivity index (χ4v) is 3.18. The Morgan fingerprint density at radius 1 is 0.821 bits per heavy atom. The molecule has 1 heterocycles. The van der Waals surface area contributed by atoms with Gasteiger partial charge in [-0.25, -0.2) is 0 Å². The summed E-state index contributed by atoms with van der Waals surface area (Å²) in [5.41, 5.74) is 2.57. The Bertz CT molecular complexity index is 1080. The van der Waals surface area contributed by atoms with Gasteiger partial charge in [-0.1, -0.05) is 30.3 Å². The van der Waals surface area contributed by atoms with E-state index in [9.17, 15) is 0 Å². The van der Waals surface area contributed by atoms with E-state index in [1.54, 1.807) is 7.11 Å². The average molecular weight is 437 g/mol. The molecular formula is C22H17BrN2O3. The number of aromatic nitrogens is 2. The number of nitrogens with zero attached hydrogens (tertiary/aromatic N) is 2. The number of halogens is 1. The largest absolute Gasteiger partial charge is 0.496 e. The van der Waals surface area contributed by atoms with Crippen LogP contribution in [0.1, 0.15) is 5.56 Å². The van der Waals surface area contributed by atoms with Crippen LogP contribution in [0.5, 0.6) is 11.5 Å². The average Bonchev–Trinajstić information content (AvgIpc) is 3.24. The van der Waals surface area contributed by atoms with Crippen LogP contribution in [-0.2, 0) is 6.61 Å². The number of para-hydroxylation sites is 1. The standard InChI is InChI=1S/C22H17BrN2O3/c1-26-19-12-11-16(13-17(19)14-27-20-10-6-5-9-18(20)23)22-25-24-21(28-22)15-7-3-2-4-8-15/h2-13H,14H2,1H3. The topological polar surface area (TPSA) is 57.4 Å². The van der Waals surface area contributed by atoms with Gasteiger partial charge >= 0.3 is 0 Å². The van der Waals surface area contributed by atoms with E-state index in [0.717, 1.165) is 32.7 Å². The Labute approximate surface area is 171 Å². The summed E-state index contributed by atoms with van der Waals surface area (Å²) in [7, 11) is 1.64. The predicted molar refractivity (Wildman–Crippen MR) is 110 cm³/mol. The van der Waals surface area contributed by atoms with Gasteiger partial charge in [0, 0.05) is 16.7 Å². The zero-order valence-corrected chi connectivity index (χ0v) is 16.7. The maximum atomic E-state index is 5.94. The van der Waals surface area contributed by atoms with Crippen LogP contribution < -0.4 is 9.47 Å². The van der Waals surface area contributed by atoms with Crippen molar-refractivity contribution in [3.63, 3.8) is 0 Å². The normalized spacial score (nSPS) is 10.6. The Hall–Kier alpha value is -3.12. The summed E-state index contributed by atoms with van der Waals surface area (Å²) in [6, 6.07) is 23.1. The Kier molecular flexibility index (Phi) is 5.39. The molecule has 0 bridgehead atoms. The van der Waals surface area contributed by atoms with Crippen LogP contribution in [0, 0.1) is 0 Å². The first-order chi connectivity index (χ1) is 13.7. The molecule has 0 saturated heterocycles. The second-order valence-electron chi connectivity index (χ2n) is 6.02. The predicted octanol–water partition coefficient (Wildman–Crippen LogP) is 5.75. The molecule has 6 heteroatoms. The second-order valence-corrected chi connectivity index (χ2v) is 6.88. The molecule has 0 fully saturated rings. The van der Waals surface area contributed by atoms with Gasteiger partial charge in [-0.2, -0.15) is 0 Å². The van der Waals surface area contributed by atoms with Gasteiger partial charge in [-0.3, -0.25) is 0 Å². The van der Waals surface area contributed by atoms with Crippen molar-refractivity contribution in [3.8, 4) is 34.4 Å². The highest BCUT2D eigenvalue weighted by molar-refractivity contribution is 9.10. The van der Waals surface area contributed by atoms with E-state index in [0.29, 0.717) is 18.4 Å². The van der Waals surface area contributed by atoms with Crippen molar-refractivity contribution in [1.82, 2.24) is 10.2 Å². The third-order valence-electron chi connectivity index (χ3n) is 4.19. The quantitative estimate of drug-likeness (QED) is 0.384. The molecule has 0 aliphatic carbocycles. The van der Waals surface area contributed by atoms with Crippen molar-refractivity contribution in [2.24, 2.45) is 0 Å². The minimum atomic E-state index is 0.347. The van der Waals surface area contributed by atoms with Gasteiger partial charge in [0.25, 0.3) is 0 Å². The number of rotatable bonds is 6. The Morgan fingerprint density at radius 2 is 1.54 bits per heavy atom. The van der Waals surface area contributed by atoms with Crippen LogP contribution in [0.25, 0.3) is 22.9 Å². The molecule has 0 saturated carbocycles. The monoisotopic (exact) mass is 436 g/mol. The number of hydrogen-bond donors (Lipinski definition) is 0. The number of ether oxygens (including phenoxy) is 2. The molecule has 28 heavy (non-hydrogen) atoms. The molecule has 0 radical (unpaired) electrons. The van der Waals surface area contributed by atoms with Crippen LogP contribution in [0.15, 0.2) is 81.7 Å². The fourth-order valence-electron chi connectivity index (χ4n) is 2.78. The highest BCUT2D eigenvalue weighted by Gasteiger charge is 2.13. The first-order valence-electron chi connectivity index (χ1n) is 8.68. The van der Waals surface area contributed by atoms with Crippen LogP contribution in [0.3, 0.4) is 0 Å². The lowest BCUT2D eigenvalue weighted by Gasteiger charge is -2.12. The lowest BCUT2D eigenvalue weighted by Crippen LogP contribution is -1.99. The lowest BCUT2D eigenvalue weighted by molar-refractivity contribution is 0.295. The number of methoxy groups -OCH3 is 1. The van der Waals surface area contributed by atoms with Crippen molar-refractivity contribution in [1.29, 1.82) is 0 Å². The third kappa shape index (κ3) is 3.92. The highest BCUT2D eigenvalue weighted by atomic mass is 79.9. The smallest absolute Gasteiger partial charge is 0.248 e. The Morgan fingerprint density at radius 3 is 2.29 bits per heavy atom. The third-order valence-corrected chi connectivity index (χ3v) is 4.85. The van der Waals surface area contributed by atoms with Crippen molar-refractivity contribution in [2.75, 3.05) is 7.11 Å². The second kappa shape index (κ2) is 8.27. The molecular weight excluding hydrogens is 420 g/mol. The summed E-state index contributed by atoms with van der Waals surface area (Å²) in [5.74, 6) is 2.43. The summed E-state index contributed by atoms with van der Waals surface area (Å²) >= 11 is 3.49. The number of benzene rings is 3. The van der Waals surface area contributed by atoms with E-state index in [2.05, 4.69) is 26.1 Å². The molecule has 1 aromatic heterocycles. The van der Waals surface area contributed by atoms with Gasteiger partial charge in [0.2, 0.25) is 11.8 Å². The zero-order valence-electron chi connectivity index (χ0n) is 15.1. The summed E-state index contributed by atoms with van der Waals surface area (Å²) in [6.07, 6.45) is 0. The maximum absolute atomic E-state index is 5.94. The minimum Gasteiger partial charge on any atom is -0.496 e. The first kappa shape index (κ1) is 18.3. The molecule has 0 amide bonds. The molecule has 140 valence electrons. The Balaban J connectivity index is 1.60. The van der Waals surface area contributed by atoms with Crippen LogP contribution in [-0.4, -0.2) is 17.3 Å². The lowest BCUT2D eigenvalue weighted by atomic mass is 10.1. The molecule has 0 unspecified atom stereocenters. The van der Waals surface area contributed by atoms with E-state index in [-0.39, 0.29) is 0 Å². The van der Waals surface area contributed by atoms with Crippen molar-refractivity contribution >= 4 is 15.9 Å². The van der Waals surface area contributed by atoms with Crippen molar-refractivity contribution in [2.45, 2.75) is 6.61 Å². The molecule has 0 aliphatic rings. The SMILES string of the molecule is COc1ccc(-c2nnc(-c3ccccc3)o2)cc1COc1ccccc1Br. The molecule has 3 aromatic carbocycles. The molecule has 4 rings (SSSR count). The first-order valence-corrected chi connectivity index (χ1v) is 9.47. The van der Waals surface area contributed by atoms with Crippen LogP contribution >= 0.6 is 15.9 Å². The minimum absolute atomic E-state index is 0.347. The molecule has 0 atom stereocenters. The summed E-state index contributed by atoms with van der Waals surface area (Å²) in [5, 5.41) is 8.34. The zero-order chi connectivity index (χ0) is 19.3. The van der Waals surface area contributed by atoms with E-state index in [4.69, 9.17) is 13.9 Å². The van der Waals surface area contributed by atoms with Crippen molar-refractivity contribution in [3.05, 3.63) is 82.8 Å². The maximum Gasteiger partial charge on any atom is 0.248 e. The van der Waals surface area contributed by atoms with Crippen LogP contribution in [0.2, 0.25) is 0 Å². The highest BCUT2D eigenvalue weighted by Crippen LogP contribution is 2.30. The van der Waals surface area contributed by atoms with Gasteiger partial charge < -0.3 is 13.9 Å². The van der Waals surface area contributed by atoms with E-state index in [1.165, 1.54) is 0 Å². The molecule has 4 aromatic rings. The summed E-state index contributed by atoms with van der Waals surface area (Å²) in [6.45, 7) is 0.347. The van der Waals surface area contributed by atoms with E-state index in [1.807, 2.05) is 72.8 Å². The molecule has 0 aliphatic heterocycles. The van der Waals surface area contributed by atoms with Gasteiger partial charge in [-0.15, -0.1) is 10.2 Å². The summed E-state index contributed by atoms with van der Waals surface area (Å²) in [4.78, 5) is 0. The molecule has 5 nitrogen and oxygen atoms in total. The van der Waals surface area contributed by atoms with E-state index >= 15 is 0 Å². The van der Waals surface area contributed by atoms with Gasteiger partial charge in [0.15, 0.2) is 0 Å². The fraction of sp³-hybridized carbons (Fsp3) is 0.0909. The molecule has 0 N–H and O–H groups in total. The number of hydrogen-bond acceptors (Lipinski definition) is 5. The van der Waals surface area contributed by atoms with Gasteiger partial charge in [0.05, 0.1) is 11.6 Å². The van der Waals surface area contributed by atoms with Gasteiger partial charge in [-0.05, 0) is 58.4 Å². The van der Waals surface area contributed by atoms with Crippen molar-refractivity contribution < 1.29 is 13.9 Å². The summed E-state index contributed by atoms with van der Waals surface area (Å²) < 4.78 is 18.2. The van der Waals surface area contributed by atoms with Crippen LogP contribution in [0.4, 0.5) is 0 Å². The molecule has 0 spiro atoms. The van der Waals surface area contributed by atoms with E-state index < -0.39 is 0 Å².